The second kappa shape index (κ2) is 6.79. The van der Waals surface area contributed by atoms with Gasteiger partial charge in [0.25, 0.3) is 0 Å². The summed E-state index contributed by atoms with van der Waals surface area (Å²) >= 11 is 0. The maximum Gasteiger partial charge on any atom is 0.0255 e. The zero-order valence-corrected chi connectivity index (χ0v) is 13.6. The Balaban J connectivity index is 1.64. The molecule has 116 valence electrons. The fourth-order valence-corrected chi connectivity index (χ4v) is 5.21. The Kier molecular flexibility index (Phi) is 5.04. The van der Waals surface area contributed by atoms with Gasteiger partial charge in [0.1, 0.15) is 0 Å². The van der Waals surface area contributed by atoms with Crippen molar-refractivity contribution in [3.05, 3.63) is 0 Å². The lowest BCUT2D eigenvalue weighted by molar-refractivity contribution is 0.0683. The van der Waals surface area contributed by atoms with Crippen molar-refractivity contribution in [3.8, 4) is 0 Å². The van der Waals surface area contributed by atoms with Gasteiger partial charge in [-0.1, -0.05) is 26.7 Å². The van der Waals surface area contributed by atoms with E-state index in [0.717, 1.165) is 30.0 Å². The molecule has 0 aromatic heterocycles. The number of fused-ring (bicyclic) bond motifs is 2. The maximum absolute atomic E-state index is 3.88. The smallest absolute Gasteiger partial charge is 0.0255 e. The molecule has 1 aliphatic heterocycles. The molecule has 0 radical (unpaired) electrons. The molecular formula is C18H34N2. The van der Waals surface area contributed by atoms with Crippen molar-refractivity contribution in [1.82, 2.24) is 10.2 Å². The van der Waals surface area contributed by atoms with Crippen LogP contribution >= 0.6 is 0 Å². The first-order valence-electron chi connectivity index (χ1n) is 9.30. The first kappa shape index (κ1) is 14.8. The van der Waals surface area contributed by atoms with Crippen LogP contribution < -0.4 is 5.32 Å². The van der Waals surface area contributed by atoms with E-state index in [9.17, 15) is 0 Å². The normalized spacial score (nSPS) is 41.4. The number of nitrogens with zero attached hydrogens (tertiary/aromatic N) is 1. The van der Waals surface area contributed by atoms with Crippen molar-refractivity contribution in [2.75, 3.05) is 13.1 Å². The molecule has 3 rings (SSSR count). The Morgan fingerprint density at radius 1 is 1.00 bits per heavy atom. The molecule has 2 saturated carbocycles. The van der Waals surface area contributed by atoms with Crippen LogP contribution in [0.1, 0.15) is 71.6 Å². The minimum absolute atomic E-state index is 0.780. The fraction of sp³-hybridized carbons (Fsp3) is 1.00. The van der Waals surface area contributed by atoms with E-state index in [2.05, 4.69) is 24.1 Å². The third-order valence-electron chi connectivity index (χ3n) is 6.16. The van der Waals surface area contributed by atoms with E-state index in [1.165, 1.54) is 70.9 Å². The summed E-state index contributed by atoms with van der Waals surface area (Å²) in [6.07, 6.45) is 13.0. The second-order valence-electron chi connectivity index (χ2n) is 7.63. The molecule has 0 aromatic rings. The molecule has 1 N–H and O–H groups in total. The van der Waals surface area contributed by atoms with Gasteiger partial charge in [0, 0.05) is 24.7 Å². The van der Waals surface area contributed by atoms with E-state index in [1.807, 2.05) is 0 Å². The zero-order chi connectivity index (χ0) is 13.9. The molecule has 2 heteroatoms. The summed E-state index contributed by atoms with van der Waals surface area (Å²) in [6.45, 7) is 7.27. The second-order valence-corrected chi connectivity index (χ2v) is 7.63. The summed E-state index contributed by atoms with van der Waals surface area (Å²) in [4.78, 5) is 2.93. The van der Waals surface area contributed by atoms with Crippen molar-refractivity contribution >= 4 is 0 Å². The Morgan fingerprint density at radius 2 is 1.90 bits per heavy atom. The van der Waals surface area contributed by atoms with Crippen LogP contribution in [0, 0.1) is 11.8 Å². The number of hydrogen-bond acceptors (Lipinski definition) is 2. The quantitative estimate of drug-likeness (QED) is 0.795. The lowest BCUT2D eigenvalue weighted by atomic mass is 9.79. The number of hydrogen-bond donors (Lipinski definition) is 1. The molecule has 2 bridgehead atoms. The lowest BCUT2D eigenvalue weighted by Gasteiger charge is -2.45. The molecule has 0 aromatic carbocycles. The predicted molar refractivity (Wildman–Crippen MR) is 86.0 cm³/mol. The number of rotatable bonds is 6. The molecule has 3 aliphatic rings. The molecule has 3 fully saturated rings. The fourth-order valence-electron chi connectivity index (χ4n) is 5.21. The Morgan fingerprint density at radius 3 is 2.55 bits per heavy atom. The SMILES string of the molecule is CCCNC1CCC(CCC)CC1N1CC2CCC1C2. The van der Waals surface area contributed by atoms with Gasteiger partial charge in [-0.2, -0.15) is 0 Å². The maximum atomic E-state index is 3.88. The van der Waals surface area contributed by atoms with Gasteiger partial charge < -0.3 is 5.32 Å². The molecule has 2 aliphatic carbocycles. The molecular weight excluding hydrogens is 244 g/mol. The third kappa shape index (κ3) is 3.06. The largest absolute Gasteiger partial charge is 0.312 e. The predicted octanol–water partition coefficient (Wildman–Crippen LogP) is 3.81. The van der Waals surface area contributed by atoms with E-state index in [4.69, 9.17) is 0 Å². The highest BCUT2D eigenvalue weighted by molar-refractivity contribution is 5.00. The highest BCUT2D eigenvalue weighted by atomic mass is 15.2. The molecule has 5 atom stereocenters. The summed E-state index contributed by atoms with van der Waals surface area (Å²) in [5, 5.41) is 3.88. The van der Waals surface area contributed by atoms with Crippen LogP contribution in [0.25, 0.3) is 0 Å². The first-order chi connectivity index (χ1) is 9.81. The minimum Gasteiger partial charge on any atom is -0.312 e. The monoisotopic (exact) mass is 278 g/mol. The van der Waals surface area contributed by atoms with Crippen LogP contribution in [-0.4, -0.2) is 36.1 Å². The number of nitrogens with one attached hydrogen (secondary N) is 1. The first-order valence-corrected chi connectivity index (χ1v) is 9.30. The van der Waals surface area contributed by atoms with Crippen LogP contribution in [0.4, 0.5) is 0 Å². The van der Waals surface area contributed by atoms with Gasteiger partial charge in [0.15, 0.2) is 0 Å². The Labute approximate surface area is 125 Å². The van der Waals surface area contributed by atoms with E-state index in [1.54, 1.807) is 0 Å². The van der Waals surface area contributed by atoms with Crippen LogP contribution in [0.15, 0.2) is 0 Å². The molecule has 2 nitrogen and oxygen atoms in total. The van der Waals surface area contributed by atoms with Crippen molar-refractivity contribution < 1.29 is 0 Å². The Bertz CT molecular complexity index is 304. The van der Waals surface area contributed by atoms with Crippen molar-refractivity contribution in [2.24, 2.45) is 11.8 Å². The third-order valence-corrected chi connectivity index (χ3v) is 6.16. The summed E-state index contributed by atoms with van der Waals surface area (Å²) in [6, 6.07) is 2.57. The summed E-state index contributed by atoms with van der Waals surface area (Å²) < 4.78 is 0. The highest BCUT2D eigenvalue weighted by Gasteiger charge is 2.44. The standard InChI is InChI=1S/C18H34N2/c1-3-5-14-7-9-17(19-10-4-2)18(12-14)20-13-15-6-8-16(20)11-15/h14-19H,3-13H2,1-2H3. The van der Waals surface area contributed by atoms with E-state index in [0.29, 0.717) is 0 Å². The molecule has 0 amide bonds. The van der Waals surface area contributed by atoms with Crippen molar-refractivity contribution in [1.29, 1.82) is 0 Å². The summed E-state index contributed by atoms with van der Waals surface area (Å²) in [5.74, 6) is 2.04. The van der Waals surface area contributed by atoms with Gasteiger partial charge in [-0.05, 0) is 63.3 Å². The van der Waals surface area contributed by atoms with Gasteiger partial charge >= 0.3 is 0 Å². The Hall–Kier alpha value is -0.0800. The van der Waals surface area contributed by atoms with Crippen molar-refractivity contribution in [3.63, 3.8) is 0 Å². The van der Waals surface area contributed by atoms with Gasteiger partial charge in [0.2, 0.25) is 0 Å². The van der Waals surface area contributed by atoms with E-state index < -0.39 is 0 Å². The van der Waals surface area contributed by atoms with Gasteiger partial charge in [-0.25, -0.2) is 0 Å². The van der Waals surface area contributed by atoms with Crippen molar-refractivity contribution in [2.45, 2.75) is 89.8 Å². The lowest BCUT2D eigenvalue weighted by Crippen LogP contribution is -2.55. The molecule has 1 heterocycles. The molecule has 1 saturated heterocycles. The van der Waals surface area contributed by atoms with E-state index in [-0.39, 0.29) is 0 Å². The topological polar surface area (TPSA) is 15.3 Å². The van der Waals surface area contributed by atoms with Gasteiger partial charge in [-0.15, -0.1) is 0 Å². The molecule has 0 spiro atoms. The van der Waals surface area contributed by atoms with Crippen LogP contribution in [0.3, 0.4) is 0 Å². The van der Waals surface area contributed by atoms with Crippen LogP contribution in [-0.2, 0) is 0 Å². The minimum atomic E-state index is 0.780. The van der Waals surface area contributed by atoms with Crippen LogP contribution in [0.5, 0.6) is 0 Å². The molecule has 20 heavy (non-hydrogen) atoms. The number of likely N-dealkylation sites (tertiary alicyclic amines) is 1. The average molecular weight is 278 g/mol. The van der Waals surface area contributed by atoms with Crippen LogP contribution in [0.2, 0.25) is 0 Å². The number of piperidine rings is 1. The summed E-state index contributed by atoms with van der Waals surface area (Å²) in [7, 11) is 0. The van der Waals surface area contributed by atoms with E-state index >= 15 is 0 Å². The van der Waals surface area contributed by atoms with Gasteiger partial charge in [-0.3, -0.25) is 4.90 Å². The highest BCUT2D eigenvalue weighted by Crippen LogP contribution is 2.42. The summed E-state index contributed by atoms with van der Waals surface area (Å²) in [5.41, 5.74) is 0. The zero-order valence-electron chi connectivity index (χ0n) is 13.6. The average Bonchev–Trinajstić information content (AvgIpc) is 3.09. The van der Waals surface area contributed by atoms with Gasteiger partial charge in [0.05, 0.1) is 0 Å². The molecule has 5 unspecified atom stereocenters.